The molecule has 2 amide bonds. The van der Waals surface area contributed by atoms with E-state index in [-0.39, 0.29) is 31.6 Å². The van der Waals surface area contributed by atoms with Gasteiger partial charge in [-0.3, -0.25) is 9.59 Å². The van der Waals surface area contributed by atoms with Crippen LogP contribution in [0, 0.1) is 5.92 Å². The van der Waals surface area contributed by atoms with Gasteiger partial charge in [-0.15, -0.1) is 0 Å². The minimum absolute atomic E-state index is 0.266. The van der Waals surface area contributed by atoms with Crippen LogP contribution in [-0.2, 0) is 19.1 Å². The highest BCUT2D eigenvalue weighted by Crippen LogP contribution is 2.18. The first-order valence-corrected chi connectivity index (χ1v) is 8.82. The number of primary amides is 1. The maximum atomic E-state index is 12.1. The molecule has 1 aromatic carbocycles. The lowest BCUT2D eigenvalue weighted by molar-refractivity contribution is -0.154. The number of benzene rings is 1. The van der Waals surface area contributed by atoms with Crippen LogP contribution in [-0.4, -0.2) is 49.0 Å². The second kappa shape index (κ2) is 9.22. The molecule has 7 heteroatoms. The molecule has 1 saturated heterocycles. The topological polar surface area (TPSA) is 98.9 Å². The number of nitrogens with two attached hydrogens (primary N) is 1. The van der Waals surface area contributed by atoms with Crippen molar-refractivity contribution in [3.63, 3.8) is 0 Å². The van der Waals surface area contributed by atoms with E-state index in [0.29, 0.717) is 31.1 Å². The number of rotatable bonds is 7. The molecule has 1 heterocycles. The summed E-state index contributed by atoms with van der Waals surface area (Å²) in [6.07, 6.45) is 1.39. The maximum absolute atomic E-state index is 12.1. The monoisotopic (exact) mass is 362 g/mol. The molecule has 0 unspecified atom stereocenters. The first kappa shape index (κ1) is 19.8. The molecule has 1 aliphatic heterocycles. The number of hydrogen-bond donors (Lipinski definition) is 1. The number of hydrogen-bond acceptors (Lipinski definition) is 5. The van der Waals surface area contributed by atoms with Crippen LogP contribution >= 0.6 is 0 Å². The van der Waals surface area contributed by atoms with E-state index < -0.39 is 11.9 Å². The molecule has 1 aliphatic rings. The van der Waals surface area contributed by atoms with Gasteiger partial charge in [0.1, 0.15) is 5.75 Å². The fourth-order valence-electron chi connectivity index (χ4n) is 2.80. The standard InChI is InChI=1S/C19H26N2O5/c1-13(2)14-5-7-16(8-6-14)25-12-18(23)26-11-17(22)21-9-3-4-15(10-21)19(20)24/h5-8,13,15H,3-4,9-12H2,1-2H3,(H2,20,24)/t15-/m0/s1. The third kappa shape index (κ3) is 5.75. The van der Waals surface area contributed by atoms with E-state index in [9.17, 15) is 14.4 Å². The van der Waals surface area contributed by atoms with E-state index in [1.807, 2.05) is 12.1 Å². The van der Waals surface area contributed by atoms with Crippen LogP contribution in [0.1, 0.15) is 38.2 Å². The van der Waals surface area contributed by atoms with Crippen LogP contribution in [0.5, 0.6) is 5.75 Å². The van der Waals surface area contributed by atoms with E-state index in [2.05, 4.69) is 13.8 Å². The largest absolute Gasteiger partial charge is 0.482 e. The van der Waals surface area contributed by atoms with Crippen molar-refractivity contribution in [1.82, 2.24) is 4.90 Å². The van der Waals surface area contributed by atoms with Gasteiger partial charge in [0.15, 0.2) is 13.2 Å². The Morgan fingerprint density at radius 1 is 1.19 bits per heavy atom. The molecule has 26 heavy (non-hydrogen) atoms. The molecular formula is C19H26N2O5. The molecule has 2 N–H and O–H groups in total. The van der Waals surface area contributed by atoms with Crippen LogP contribution < -0.4 is 10.5 Å². The summed E-state index contributed by atoms with van der Waals surface area (Å²) in [7, 11) is 0. The molecule has 0 saturated carbocycles. The van der Waals surface area contributed by atoms with Crippen molar-refractivity contribution in [2.24, 2.45) is 11.7 Å². The van der Waals surface area contributed by atoms with Crippen molar-refractivity contribution < 1.29 is 23.9 Å². The summed E-state index contributed by atoms with van der Waals surface area (Å²) in [6.45, 7) is 4.39. The van der Waals surface area contributed by atoms with Crippen LogP contribution in [0.4, 0.5) is 0 Å². The lowest BCUT2D eigenvalue weighted by Crippen LogP contribution is -2.45. The SMILES string of the molecule is CC(C)c1ccc(OCC(=O)OCC(=O)N2CCC[C@H](C(N)=O)C2)cc1. The van der Waals surface area contributed by atoms with E-state index in [0.717, 1.165) is 0 Å². The predicted octanol–water partition coefficient (Wildman–Crippen LogP) is 1.46. The third-order valence-electron chi connectivity index (χ3n) is 4.44. The Balaban J connectivity index is 1.72. The van der Waals surface area contributed by atoms with E-state index in [4.69, 9.17) is 15.2 Å². The number of nitrogens with zero attached hydrogens (tertiary/aromatic N) is 1. The number of carbonyl (C=O) groups excluding carboxylic acids is 3. The highest BCUT2D eigenvalue weighted by molar-refractivity contribution is 5.82. The lowest BCUT2D eigenvalue weighted by atomic mass is 9.97. The zero-order valence-electron chi connectivity index (χ0n) is 15.3. The number of carbonyl (C=O) groups is 3. The molecule has 0 aliphatic carbocycles. The molecule has 0 radical (unpaired) electrons. The zero-order valence-corrected chi connectivity index (χ0v) is 15.3. The summed E-state index contributed by atoms with van der Waals surface area (Å²) in [5.74, 6) is -0.695. The summed E-state index contributed by atoms with van der Waals surface area (Å²) >= 11 is 0. The summed E-state index contributed by atoms with van der Waals surface area (Å²) in [5.41, 5.74) is 6.48. The van der Waals surface area contributed by atoms with Crippen molar-refractivity contribution in [2.45, 2.75) is 32.6 Å². The Morgan fingerprint density at radius 2 is 1.88 bits per heavy atom. The van der Waals surface area contributed by atoms with Gasteiger partial charge in [-0.05, 0) is 36.5 Å². The summed E-state index contributed by atoms with van der Waals surface area (Å²) in [4.78, 5) is 36.6. The average molecular weight is 362 g/mol. The normalized spacial score (nSPS) is 17.0. The molecule has 142 valence electrons. The van der Waals surface area contributed by atoms with Crippen molar-refractivity contribution in [3.8, 4) is 5.75 Å². The Kier molecular flexibility index (Phi) is 7.00. The fraction of sp³-hybridized carbons (Fsp3) is 0.526. The van der Waals surface area contributed by atoms with Crippen LogP contribution in [0.3, 0.4) is 0 Å². The summed E-state index contributed by atoms with van der Waals surface area (Å²) in [6, 6.07) is 7.48. The Labute approximate surface area is 153 Å². The van der Waals surface area contributed by atoms with Gasteiger partial charge >= 0.3 is 5.97 Å². The highest BCUT2D eigenvalue weighted by Gasteiger charge is 2.27. The van der Waals surface area contributed by atoms with Crippen LogP contribution in [0.2, 0.25) is 0 Å². The Morgan fingerprint density at radius 3 is 2.50 bits per heavy atom. The minimum atomic E-state index is -0.616. The molecule has 0 spiro atoms. The summed E-state index contributed by atoms with van der Waals surface area (Å²) < 4.78 is 10.3. The van der Waals surface area contributed by atoms with E-state index in [1.54, 1.807) is 12.1 Å². The molecule has 2 rings (SSSR count). The van der Waals surface area contributed by atoms with Gasteiger partial charge in [-0.25, -0.2) is 4.79 Å². The second-order valence-corrected chi connectivity index (χ2v) is 6.75. The van der Waals surface area contributed by atoms with Gasteiger partial charge in [0.2, 0.25) is 5.91 Å². The fourth-order valence-corrected chi connectivity index (χ4v) is 2.80. The molecular weight excluding hydrogens is 336 g/mol. The minimum Gasteiger partial charge on any atom is -0.482 e. The van der Waals surface area contributed by atoms with E-state index in [1.165, 1.54) is 10.5 Å². The molecule has 0 aromatic heterocycles. The lowest BCUT2D eigenvalue weighted by Gasteiger charge is -2.31. The first-order chi connectivity index (χ1) is 12.4. The number of likely N-dealkylation sites (tertiary alicyclic amines) is 1. The number of ether oxygens (including phenoxy) is 2. The van der Waals surface area contributed by atoms with Crippen molar-refractivity contribution in [3.05, 3.63) is 29.8 Å². The average Bonchev–Trinajstić information content (AvgIpc) is 2.64. The first-order valence-electron chi connectivity index (χ1n) is 8.82. The second-order valence-electron chi connectivity index (χ2n) is 6.75. The van der Waals surface area contributed by atoms with Gasteiger partial charge in [0.25, 0.3) is 5.91 Å². The highest BCUT2D eigenvalue weighted by atomic mass is 16.6. The zero-order chi connectivity index (χ0) is 19.1. The number of esters is 1. The van der Waals surface area contributed by atoms with Gasteiger partial charge < -0.3 is 20.1 Å². The molecule has 1 aromatic rings. The third-order valence-corrected chi connectivity index (χ3v) is 4.44. The number of amides is 2. The van der Waals surface area contributed by atoms with Gasteiger partial charge in [0, 0.05) is 13.1 Å². The Bertz CT molecular complexity index is 642. The van der Waals surface area contributed by atoms with Gasteiger partial charge in [-0.1, -0.05) is 26.0 Å². The smallest absolute Gasteiger partial charge is 0.344 e. The predicted molar refractivity (Wildman–Crippen MR) is 95.5 cm³/mol. The van der Waals surface area contributed by atoms with Crippen molar-refractivity contribution in [1.29, 1.82) is 0 Å². The van der Waals surface area contributed by atoms with E-state index >= 15 is 0 Å². The molecule has 7 nitrogen and oxygen atoms in total. The Hall–Kier alpha value is -2.57. The maximum Gasteiger partial charge on any atom is 0.344 e. The molecule has 1 fully saturated rings. The molecule has 0 bridgehead atoms. The van der Waals surface area contributed by atoms with Crippen molar-refractivity contribution >= 4 is 17.8 Å². The van der Waals surface area contributed by atoms with Gasteiger partial charge in [0.05, 0.1) is 5.92 Å². The molecule has 1 atom stereocenters. The van der Waals surface area contributed by atoms with Crippen molar-refractivity contribution in [2.75, 3.05) is 26.3 Å². The quantitative estimate of drug-likeness (QED) is 0.740. The van der Waals surface area contributed by atoms with Gasteiger partial charge in [-0.2, -0.15) is 0 Å². The summed E-state index contributed by atoms with van der Waals surface area (Å²) in [5, 5.41) is 0. The number of piperidine rings is 1. The van der Waals surface area contributed by atoms with Crippen LogP contribution in [0.25, 0.3) is 0 Å². The van der Waals surface area contributed by atoms with Crippen LogP contribution in [0.15, 0.2) is 24.3 Å².